The van der Waals surface area contributed by atoms with Gasteiger partial charge in [-0.25, -0.2) is 4.98 Å². The lowest BCUT2D eigenvalue weighted by Gasteiger charge is -2.22. The molecule has 1 saturated heterocycles. The zero-order chi connectivity index (χ0) is 21.5. The third-order valence-corrected chi connectivity index (χ3v) is 6.40. The lowest BCUT2D eigenvalue weighted by Crippen LogP contribution is -2.29. The molecule has 5 nitrogen and oxygen atoms in total. The first-order chi connectivity index (χ1) is 15.0. The van der Waals surface area contributed by atoms with Crippen LogP contribution in [0.2, 0.25) is 5.02 Å². The summed E-state index contributed by atoms with van der Waals surface area (Å²) in [6.07, 6.45) is 0. The van der Waals surface area contributed by atoms with Crippen molar-refractivity contribution in [1.82, 2.24) is 4.98 Å². The zero-order valence-corrected chi connectivity index (χ0v) is 17.6. The Bertz CT molecular complexity index is 1350. The molecule has 1 unspecified atom stereocenters. The highest BCUT2D eigenvalue weighted by atomic mass is 35.5. The lowest BCUT2D eigenvalue weighted by molar-refractivity contribution is -0.132. The number of hydrogen-bond donors (Lipinski definition) is 1. The second-order valence-electron chi connectivity index (χ2n) is 7.05. The van der Waals surface area contributed by atoms with Gasteiger partial charge in [-0.05, 0) is 23.8 Å². The molecule has 1 aliphatic heterocycles. The second kappa shape index (κ2) is 7.65. The molecule has 1 amide bonds. The number of rotatable bonds is 3. The number of anilines is 1. The molecule has 1 fully saturated rings. The number of amides is 1. The maximum Gasteiger partial charge on any atom is 0.301 e. The van der Waals surface area contributed by atoms with Crippen molar-refractivity contribution in [2.24, 2.45) is 0 Å². The zero-order valence-electron chi connectivity index (χ0n) is 16.0. The average Bonchev–Trinajstić information content (AvgIpc) is 3.32. The van der Waals surface area contributed by atoms with Crippen LogP contribution in [0.25, 0.3) is 16.0 Å². The Morgan fingerprint density at radius 3 is 2.35 bits per heavy atom. The number of Topliss-reactive ketones (excluding diaryl/α,β-unsaturated/α-hetero) is 1. The van der Waals surface area contributed by atoms with Crippen LogP contribution in [-0.2, 0) is 9.59 Å². The Balaban J connectivity index is 1.73. The number of halogens is 1. The average molecular weight is 447 g/mol. The summed E-state index contributed by atoms with van der Waals surface area (Å²) in [5.74, 6) is -1.68. The van der Waals surface area contributed by atoms with Crippen LogP contribution in [-0.4, -0.2) is 21.8 Å². The molecule has 1 N–H and O–H groups in total. The van der Waals surface area contributed by atoms with E-state index in [0.29, 0.717) is 26.8 Å². The quantitative estimate of drug-likeness (QED) is 0.253. The van der Waals surface area contributed by atoms with Crippen LogP contribution in [0.3, 0.4) is 0 Å². The Morgan fingerprint density at radius 2 is 1.65 bits per heavy atom. The highest BCUT2D eigenvalue weighted by molar-refractivity contribution is 7.22. The molecule has 0 saturated carbocycles. The summed E-state index contributed by atoms with van der Waals surface area (Å²) < 4.78 is 0.805. The number of benzene rings is 3. The minimum absolute atomic E-state index is 0.0414. The molecular weight excluding hydrogens is 432 g/mol. The van der Waals surface area contributed by atoms with E-state index in [2.05, 4.69) is 4.98 Å². The predicted octanol–water partition coefficient (Wildman–Crippen LogP) is 5.58. The number of nitrogens with zero attached hydrogens (tertiary/aromatic N) is 2. The molecule has 0 radical (unpaired) electrons. The van der Waals surface area contributed by atoms with Gasteiger partial charge >= 0.3 is 5.91 Å². The molecule has 152 valence electrons. The number of hydrogen-bond acceptors (Lipinski definition) is 5. The van der Waals surface area contributed by atoms with Crippen LogP contribution >= 0.6 is 22.9 Å². The maximum atomic E-state index is 13.2. The van der Waals surface area contributed by atoms with Crippen LogP contribution < -0.4 is 4.90 Å². The normalized spacial score (nSPS) is 18.1. The predicted molar refractivity (Wildman–Crippen MR) is 122 cm³/mol. The molecule has 1 atom stereocenters. The number of carbonyl (C=O) groups excluding carboxylic acids is 2. The first-order valence-corrected chi connectivity index (χ1v) is 10.7. The fraction of sp³-hybridized carbons (Fsp3) is 0.0417. The van der Waals surface area contributed by atoms with Gasteiger partial charge in [0.2, 0.25) is 0 Å². The number of fused-ring (bicyclic) bond motifs is 1. The number of thiazole rings is 1. The van der Waals surface area contributed by atoms with Gasteiger partial charge in [0.25, 0.3) is 5.78 Å². The summed E-state index contributed by atoms with van der Waals surface area (Å²) in [5.41, 5.74) is 1.90. The van der Waals surface area contributed by atoms with Crippen LogP contribution in [0.15, 0.2) is 84.4 Å². The summed E-state index contributed by atoms with van der Waals surface area (Å²) in [7, 11) is 0. The number of aliphatic hydroxyl groups is 1. The topological polar surface area (TPSA) is 70.5 Å². The Hall–Kier alpha value is -3.48. The molecule has 5 rings (SSSR count). The fourth-order valence-electron chi connectivity index (χ4n) is 3.72. The standard InChI is InChI=1S/C24H15ClN2O3S/c25-16-11-12-17-18(13-16)31-24(26-17)27-20(14-7-3-1-4-8-14)19(22(29)23(27)30)21(28)15-9-5-2-6-10-15/h1-13,20,28H. The molecule has 31 heavy (non-hydrogen) atoms. The Labute approximate surface area is 186 Å². The van der Waals surface area contributed by atoms with Gasteiger partial charge in [-0.3, -0.25) is 14.5 Å². The van der Waals surface area contributed by atoms with E-state index in [-0.39, 0.29) is 11.3 Å². The molecule has 0 spiro atoms. The minimum atomic E-state index is -0.794. The lowest BCUT2D eigenvalue weighted by atomic mass is 9.95. The molecular formula is C24H15ClN2O3S. The van der Waals surface area contributed by atoms with Crippen molar-refractivity contribution < 1.29 is 14.7 Å². The monoisotopic (exact) mass is 446 g/mol. The molecule has 4 aromatic rings. The van der Waals surface area contributed by atoms with Gasteiger partial charge in [0.1, 0.15) is 5.76 Å². The van der Waals surface area contributed by atoms with Crippen molar-refractivity contribution in [2.45, 2.75) is 6.04 Å². The summed E-state index contributed by atoms with van der Waals surface area (Å²) in [6, 6.07) is 22.4. The van der Waals surface area contributed by atoms with Crippen molar-refractivity contribution in [3.63, 3.8) is 0 Å². The highest BCUT2D eigenvalue weighted by Gasteiger charge is 2.48. The van der Waals surface area contributed by atoms with Crippen LogP contribution in [0.1, 0.15) is 17.2 Å². The van der Waals surface area contributed by atoms with E-state index in [0.717, 1.165) is 4.70 Å². The number of ketones is 1. The molecule has 1 aliphatic rings. The SMILES string of the molecule is O=C1C(=O)N(c2nc3ccc(Cl)cc3s2)C(c2ccccc2)C1=C(O)c1ccccc1. The van der Waals surface area contributed by atoms with Gasteiger partial charge in [0.05, 0.1) is 21.8 Å². The molecule has 3 aromatic carbocycles. The van der Waals surface area contributed by atoms with Gasteiger partial charge in [0.15, 0.2) is 5.13 Å². The first kappa shape index (κ1) is 19.5. The van der Waals surface area contributed by atoms with Gasteiger partial charge in [-0.15, -0.1) is 0 Å². The van der Waals surface area contributed by atoms with E-state index in [1.165, 1.54) is 16.2 Å². The van der Waals surface area contributed by atoms with Gasteiger partial charge < -0.3 is 5.11 Å². The van der Waals surface area contributed by atoms with E-state index in [9.17, 15) is 14.7 Å². The van der Waals surface area contributed by atoms with E-state index in [4.69, 9.17) is 11.6 Å². The number of carbonyl (C=O) groups is 2. The third kappa shape index (κ3) is 3.30. The van der Waals surface area contributed by atoms with E-state index in [1.54, 1.807) is 42.5 Å². The third-order valence-electron chi connectivity index (χ3n) is 5.15. The smallest absolute Gasteiger partial charge is 0.301 e. The summed E-state index contributed by atoms with van der Waals surface area (Å²) >= 11 is 7.38. The van der Waals surface area contributed by atoms with Gasteiger partial charge in [0, 0.05) is 10.6 Å². The summed E-state index contributed by atoms with van der Waals surface area (Å²) in [6.45, 7) is 0. The van der Waals surface area contributed by atoms with Crippen molar-refractivity contribution in [2.75, 3.05) is 4.90 Å². The van der Waals surface area contributed by atoms with Gasteiger partial charge in [-0.2, -0.15) is 0 Å². The minimum Gasteiger partial charge on any atom is -0.507 e. The van der Waals surface area contributed by atoms with Crippen LogP contribution in [0, 0.1) is 0 Å². The van der Waals surface area contributed by atoms with E-state index >= 15 is 0 Å². The highest BCUT2D eigenvalue weighted by Crippen LogP contribution is 2.44. The molecule has 0 bridgehead atoms. The second-order valence-corrected chi connectivity index (χ2v) is 8.50. The number of aromatic nitrogens is 1. The summed E-state index contributed by atoms with van der Waals surface area (Å²) in [5, 5.41) is 12.0. The van der Waals surface area contributed by atoms with Crippen LogP contribution in [0.4, 0.5) is 5.13 Å². The van der Waals surface area contributed by atoms with Crippen molar-refractivity contribution in [3.05, 3.63) is 101 Å². The Kier molecular flexibility index (Phi) is 4.81. The first-order valence-electron chi connectivity index (χ1n) is 9.52. The molecule has 2 heterocycles. The fourth-order valence-corrected chi connectivity index (χ4v) is 4.99. The van der Waals surface area contributed by atoms with E-state index < -0.39 is 17.7 Å². The maximum absolute atomic E-state index is 13.2. The molecule has 7 heteroatoms. The van der Waals surface area contributed by atoms with Crippen molar-refractivity contribution in [1.29, 1.82) is 0 Å². The largest absolute Gasteiger partial charge is 0.507 e. The van der Waals surface area contributed by atoms with E-state index in [1.807, 2.05) is 36.4 Å². The van der Waals surface area contributed by atoms with Crippen molar-refractivity contribution in [3.8, 4) is 0 Å². The molecule has 0 aliphatic carbocycles. The van der Waals surface area contributed by atoms with Crippen LogP contribution in [0.5, 0.6) is 0 Å². The molecule has 1 aromatic heterocycles. The van der Waals surface area contributed by atoms with Crippen molar-refractivity contribution >= 4 is 55.7 Å². The number of aliphatic hydroxyl groups excluding tert-OH is 1. The summed E-state index contributed by atoms with van der Waals surface area (Å²) in [4.78, 5) is 32.2. The Morgan fingerprint density at radius 1 is 0.968 bits per heavy atom. The van der Waals surface area contributed by atoms with Gasteiger partial charge in [-0.1, -0.05) is 83.6 Å².